The Bertz CT molecular complexity index is 702. The summed E-state index contributed by atoms with van der Waals surface area (Å²) in [5.74, 6) is 0.0847. The zero-order chi connectivity index (χ0) is 13.2. The van der Waals surface area contributed by atoms with E-state index in [-0.39, 0.29) is 5.91 Å². The Labute approximate surface area is 120 Å². The van der Waals surface area contributed by atoms with Gasteiger partial charge in [-0.05, 0) is 34.1 Å². The van der Waals surface area contributed by atoms with E-state index < -0.39 is 0 Å². The number of carbonyl (C=O) groups is 1. The number of anilines is 1. The lowest BCUT2D eigenvalue weighted by atomic mass is 10.3. The second-order valence-corrected chi connectivity index (χ2v) is 6.13. The van der Waals surface area contributed by atoms with Crippen LogP contribution >= 0.6 is 27.3 Å². The molecule has 1 amide bonds. The van der Waals surface area contributed by atoms with Crippen molar-refractivity contribution < 1.29 is 4.79 Å². The number of hydrogen-bond acceptors (Lipinski definition) is 4. The van der Waals surface area contributed by atoms with E-state index in [9.17, 15) is 4.79 Å². The molecule has 0 saturated heterocycles. The highest BCUT2D eigenvalue weighted by Crippen LogP contribution is 2.30. The minimum absolute atomic E-state index is 0.312. The first kappa shape index (κ1) is 12.1. The van der Waals surface area contributed by atoms with Crippen LogP contribution in [0.3, 0.4) is 0 Å². The summed E-state index contributed by atoms with van der Waals surface area (Å²) in [7, 11) is 0. The largest absolute Gasteiger partial charge is 0.331 e. The number of nitrogens with one attached hydrogen (secondary N) is 3. The Hall–Kier alpha value is -1.93. The van der Waals surface area contributed by atoms with Gasteiger partial charge >= 0.3 is 0 Å². The van der Waals surface area contributed by atoms with Gasteiger partial charge in [0.05, 0.1) is 14.4 Å². The van der Waals surface area contributed by atoms with Crippen LogP contribution in [0.2, 0.25) is 0 Å². The fourth-order valence-electron chi connectivity index (χ4n) is 1.53. The number of aromatic nitrogens is 4. The molecule has 8 heteroatoms. The molecule has 0 atom stereocenters. The van der Waals surface area contributed by atoms with Gasteiger partial charge in [-0.15, -0.1) is 11.3 Å². The summed E-state index contributed by atoms with van der Waals surface area (Å²) in [6.45, 7) is 0. The Morgan fingerprint density at radius 2 is 2.32 bits per heavy atom. The number of halogens is 1. The molecule has 0 unspecified atom stereocenters. The summed E-state index contributed by atoms with van der Waals surface area (Å²) in [5.41, 5.74) is 1.12. The van der Waals surface area contributed by atoms with Gasteiger partial charge in [-0.1, -0.05) is 0 Å². The maximum Gasteiger partial charge on any atom is 0.278 e. The summed E-state index contributed by atoms with van der Waals surface area (Å²) in [5, 5.41) is 9.45. The van der Waals surface area contributed by atoms with Crippen molar-refractivity contribution in [3.63, 3.8) is 0 Å². The standard InChI is InChI=1S/C11H8BrN5OS/c12-9-2-1-8(19-9)6-5-7(17-16-6)10(18)15-11-13-3-4-14-11/h1-5H,(H,16,17)(H2,13,14,15,18). The Morgan fingerprint density at radius 1 is 1.42 bits per heavy atom. The molecule has 3 heterocycles. The lowest BCUT2D eigenvalue weighted by Crippen LogP contribution is -2.13. The van der Waals surface area contributed by atoms with Crippen molar-refractivity contribution in [3.8, 4) is 10.6 Å². The molecule has 19 heavy (non-hydrogen) atoms. The monoisotopic (exact) mass is 337 g/mol. The molecule has 6 nitrogen and oxygen atoms in total. The molecule has 3 aromatic rings. The molecule has 96 valence electrons. The van der Waals surface area contributed by atoms with Crippen molar-refractivity contribution in [2.24, 2.45) is 0 Å². The Kier molecular flexibility index (Phi) is 3.18. The first-order valence-electron chi connectivity index (χ1n) is 5.34. The predicted octanol–water partition coefficient (Wildman–Crippen LogP) is 2.88. The average molecular weight is 338 g/mol. The van der Waals surface area contributed by atoms with Crippen molar-refractivity contribution in [2.75, 3.05) is 5.32 Å². The number of hydrogen-bond donors (Lipinski definition) is 3. The van der Waals surface area contributed by atoms with Crippen LogP contribution in [0.25, 0.3) is 10.6 Å². The van der Waals surface area contributed by atoms with Crippen LogP contribution in [0, 0.1) is 0 Å². The number of amides is 1. The Balaban J connectivity index is 1.79. The van der Waals surface area contributed by atoms with Crippen LogP contribution in [0.15, 0.2) is 34.4 Å². The molecule has 3 rings (SSSR count). The lowest BCUT2D eigenvalue weighted by molar-refractivity contribution is 0.102. The van der Waals surface area contributed by atoms with Gasteiger partial charge in [0.2, 0.25) is 5.95 Å². The van der Waals surface area contributed by atoms with Gasteiger partial charge in [-0.2, -0.15) is 5.10 Å². The normalized spacial score (nSPS) is 10.6. The minimum Gasteiger partial charge on any atom is -0.331 e. The maximum atomic E-state index is 11.9. The second-order valence-electron chi connectivity index (χ2n) is 3.66. The minimum atomic E-state index is -0.312. The highest BCUT2D eigenvalue weighted by molar-refractivity contribution is 9.11. The number of rotatable bonds is 3. The number of nitrogens with zero attached hydrogens (tertiary/aromatic N) is 2. The molecule has 0 saturated carbocycles. The van der Waals surface area contributed by atoms with Crippen molar-refractivity contribution in [1.29, 1.82) is 0 Å². The Morgan fingerprint density at radius 3 is 3.00 bits per heavy atom. The highest BCUT2D eigenvalue weighted by Gasteiger charge is 2.13. The zero-order valence-corrected chi connectivity index (χ0v) is 11.9. The van der Waals surface area contributed by atoms with E-state index in [0.717, 1.165) is 14.4 Å². The van der Waals surface area contributed by atoms with Gasteiger partial charge in [0.15, 0.2) is 5.69 Å². The summed E-state index contributed by atoms with van der Waals surface area (Å²) >= 11 is 4.96. The zero-order valence-electron chi connectivity index (χ0n) is 9.48. The van der Waals surface area contributed by atoms with E-state index in [2.05, 4.69) is 41.4 Å². The van der Waals surface area contributed by atoms with E-state index >= 15 is 0 Å². The van der Waals surface area contributed by atoms with Crippen molar-refractivity contribution >= 4 is 39.1 Å². The van der Waals surface area contributed by atoms with Crippen molar-refractivity contribution in [3.05, 3.63) is 40.1 Å². The van der Waals surface area contributed by atoms with E-state index in [1.807, 2.05) is 12.1 Å². The average Bonchev–Trinajstić information content (AvgIpc) is 3.07. The molecule has 0 bridgehead atoms. The SMILES string of the molecule is O=C(Nc1ncc[nH]1)c1cc(-c2ccc(Br)s2)[nH]n1. The molecule has 0 aromatic carbocycles. The number of imidazole rings is 1. The number of aromatic amines is 2. The van der Waals surface area contributed by atoms with Crippen molar-refractivity contribution in [1.82, 2.24) is 20.2 Å². The van der Waals surface area contributed by atoms with E-state index in [4.69, 9.17) is 0 Å². The fraction of sp³-hybridized carbons (Fsp3) is 0. The van der Waals surface area contributed by atoms with Crippen LogP contribution < -0.4 is 5.32 Å². The smallest absolute Gasteiger partial charge is 0.278 e. The number of H-pyrrole nitrogens is 2. The molecule has 0 aliphatic carbocycles. The molecular formula is C11H8BrN5OS. The van der Waals surface area contributed by atoms with Crippen LogP contribution in [0.5, 0.6) is 0 Å². The highest BCUT2D eigenvalue weighted by atomic mass is 79.9. The molecule has 0 aliphatic rings. The van der Waals surface area contributed by atoms with Gasteiger partial charge in [0.1, 0.15) is 0 Å². The molecular weight excluding hydrogens is 330 g/mol. The third-order valence-electron chi connectivity index (χ3n) is 2.38. The molecule has 0 fully saturated rings. The second kappa shape index (κ2) is 4.98. The third-order valence-corrected chi connectivity index (χ3v) is 4.04. The van der Waals surface area contributed by atoms with Gasteiger partial charge in [0.25, 0.3) is 5.91 Å². The predicted molar refractivity (Wildman–Crippen MR) is 76.1 cm³/mol. The molecule has 3 N–H and O–H groups in total. The quantitative estimate of drug-likeness (QED) is 0.686. The van der Waals surface area contributed by atoms with Gasteiger partial charge in [-0.25, -0.2) is 4.98 Å². The van der Waals surface area contributed by atoms with Crippen molar-refractivity contribution in [2.45, 2.75) is 0 Å². The van der Waals surface area contributed by atoms with E-state index in [1.165, 1.54) is 0 Å². The van der Waals surface area contributed by atoms with Gasteiger partial charge < -0.3 is 4.98 Å². The van der Waals surface area contributed by atoms with E-state index in [0.29, 0.717) is 11.6 Å². The summed E-state index contributed by atoms with van der Waals surface area (Å²) in [6, 6.07) is 5.61. The van der Waals surface area contributed by atoms with Crippen LogP contribution in [0.1, 0.15) is 10.5 Å². The topological polar surface area (TPSA) is 86.5 Å². The van der Waals surface area contributed by atoms with Crippen LogP contribution in [-0.4, -0.2) is 26.1 Å². The summed E-state index contributed by atoms with van der Waals surface area (Å²) < 4.78 is 1.03. The van der Waals surface area contributed by atoms with E-state index in [1.54, 1.807) is 29.8 Å². The van der Waals surface area contributed by atoms with Crippen LogP contribution in [0.4, 0.5) is 5.95 Å². The first-order valence-corrected chi connectivity index (χ1v) is 6.95. The molecule has 0 aliphatic heterocycles. The van der Waals surface area contributed by atoms with Crippen LogP contribution in [-0.2, 0) is 0 Å². The summed E-state index contributed by atoms with van der Waals surface area (Å²) in [4.78, 5) is 19.6. The third kappa shape index (κ3) is 2.59. The van der Waals surface area contributed by atoms with Gasteiger partial charge in [-0.3, -0.25) is 15.2 Å². The fourth-order valence-corrected chi connectivity index (χ4v) is 2.88. The maximum absolute atomic E-state index is 11.9. The molecule has 0 radical (unpaired) electrons. The lowest BCUT2D eigenvalue weighted by Gasteiger charge is -1.96. The van der Waals surface area contributed by atoms with Gasteiger partial charge in [0, 0.05) is 12.4 Å². The molecule has 3 aromatic heterocycles. The number of thiophene rings is 1. The number of carbonyl (C=O) groups excluding carboxylic acids is 1. The molecule has 0 spiro atoms. The summed E-state index contributed by atoms with van der Waals surface area (Å²) in [6.07, 6.45) is 3.20. The first-order chi connectivity index (χ1) is 9.22.